The van der Waals surface area contributed by atoms with E-state index >= 15 is 0 Å². The zero-order valence-electron chi connectivity index (χ0n) is 15.9. The molecule has 0 radical (unpaired) electrons. The molecule has 0 aliphatic carbocycles. The second-order valence-electron chi connectivity index (χ2n) is 7.81. The van der Waals surface area contributed by atoms with Crippen molar-refractivity contribution >= 4 is 11.8 Å². The molecule has 5 nitrogen and oxygen atoms in total. The minimum atomic E-state index is -0.00121. The van der Waals surface area contributed by atoms with Crippen molar-refractivity contribution in [3.05, 3.63) is 29.8 Å². The van der Waals surface area contributed by atoms with Crippen LogP contribution in [0.4, 0.5) is 0 Å². The summed E-state index contributed by atoms with van der Waals surface area (Å²) in [6.07, 6.45) is 1.69. The van der Waals surface area contributed by atoms with E-state index in [1.165, 1.54) is 0 Å². The molecular formula is C20H30N2O3. The minimum absolute atomic E-state index is 0.00121. The Bertz CT molecular complexity index is 599. The lowest BCUT2D eigenvalue weighted by Gasteiger charge is -2.36. The van der Waals surface area contributed by atoms with Crippen LogP contribution in [-0.2, 0) is 16.0 Å². The van der Waals surface area contributed by atoms with Crippen molar-refractivity contribution in [2.75, 3.05) is 33.3 Å². The maximum Gasteiger partial charge on any atom is 0.223 e. The Hall–Kier alpha value is -2.04. The van der Waals surface area contributed by atoms with Gasteiger partial charge in [0.25, 0.3) is 0 Å². The highest BCUT2D eigenvalue weighted by Crippen LogP contribution is 2.21. The van der Waals surface area contributed by atoms with Crippen molar-refractivity contribution in [3.63, 3.8) is 0 Å². The molecule has 1 saturated heterocycles. The Labute approximate surface area is 150 Å². The van der Waals surface area contributed by atoms with E-state index in [0.29, 0.717) is 45.4 Å². The third-order valence-corrected chi connectivity index (χ3v) is 4.47. The zero-order valence-corrected chi connectivity index (χ0v) is 15.9. The van der Waals surface area contributed by atoms with Gasteiger partial charge in [0, 0.05) is 39.0 Å². The number of hydrogen-bond acceptors (Lipinski definition) is 3. The van der Waals surface area contributed by atoms with Crippen LogP contribution >= 0.6 is 0 Å². The van der Waals surface area contributed by atoms with E-state index in [2.05, 4.69) is 20.8 Å². The first-order valence-corrected chi connectivity index (χ1v) is 8.97. The molecule has 1 aromatic rings. The van der Waals surface area contributed by atoms with Crippen LogP contribution in [0.25, 0.3) is 0 Å². The van der Waals surface area contributed by atoms with Crippen molar-refractivity contribution in [2.24, 2.45) is 5.41 Å². The van der Waals surface area contributed by atoms with Crippen LogP contribution in [0.3, 0.4) is 0 Å². The molecule has 0 unspecified atom stereocenters. The van der Waals surface area contributed by atoms with Gasteiger partial charge < -0.3 is 14.5 Å². The second kappa shape index (κ2) is 8.37. The SMILES string of the molecule is COc1ccccc1CCC(=O)N1CCN(C(=O)CC(C)(C)C)CC1. The molecule has 1 aliphatic rings. The quantitative estimate of drug-likeness (QED) is 0.824. The van der Waals surface area contributed by atoms with Crippen molar-refractivity contribution in [2.45, 2.75) is 40.0 Å². The summed E-state index contributed by atoms with van der Waals surface area (Å²) >= 11 is 0. The highest BCUT2D eigenvalue weighted by atomic mass is 16.5. The van der Waals surface area contributed by atoms with Gasteiger partial charge >= 0.3 is 0 Å². The molecule has 2 amide bonds. The van der Waals surface area contributed by atoms with Gasteiger partial charge in [-0.25, -0.2) is 0 Å². The van der Waals surface area contributed by atoms with Crippen molar-refractivity contribution in [1.29, 1.82) is 0 Å². The minimum Gasteiger partial charge on any atom is -0.496 e. The lowest BCUT2D eigenvalue weighted by molar-refractivity contribution is -0.140. The molecule has 1 aliphatic heterocycles. The first kappa shape index (κ1) is 19.3. The fourth-order valence-electron chi connectivity index (χ4n) is 3.08. The number of para-hydroxylation sites is 1. The molecule has 0 atom stereocenters. The number of piperazine rings is 1. The van der Waals surface area contributed by atoms with Gasteiger partial charge in [-0.3, -0.25) is 9.59 Å². The number of ether oxygens (including phenoxy) is 1. The molecule has 1 heterocycles. The Balaban J connectivity index is 1.80. The molecule has 25 heavy (non-hydrogen) atoms. The second-order valence-corrected chi connectivity index (χ2v) is 7.81. The number of hydrogen-bond donors (Lipinski definition) is 0. The largest absolute Gasteiger partial charge is 0.496 e. The van der Waals surface area contributed by atoms with Crippen molar-refractivity contribution in [1.82, 2.24) is 9.80 Å². The maximum absolute atomic E-state index is 12.5. The maximum atomic E-state index is 12.5. The summed E-state index contributed by atoms with van der Waals surface area (Å²) in [5, 5.41) is 0. The van der Waals surface area contributed by atoms with Gasteiger partial charge in [-0.1, -0.05) is 39.0 Å². The molecule has 5 heteroatoms. The van der Waals surface area contributed by atoms with Crippen LogP contribution in [0.5, 0.6) is 5.75 Å². The van der Waals surface area contributed by atoms with Gasteiger partial charge in [0.15, 0.2) is 0 Å². The third kappa shape index (κ3) is 5.76. The number of rotatable bonds is 5. The average Bonchev–Trinajstić information content (AvgIpc) is 2.58. The van der Waals surface area contributed by atoms with Crippen LogP contribution in [0.15, 0.2) is 24.3 Å². The molecular weight excluding hydrogens is 316 g/mol. The van der Waals surface area contributed by atoms with Crippen molar-refractivity contribution < 1.29 is 14.3 Å². The lowest BCUT2D eigenvalue weighted by atomic mass is 9.91. The molecule has 0 saturated carbocycles. The summed E-state index contributed by atoms with van der Waals surface area (Å²) < 4.78 is 5.33. The van der Waals surface area contributed by atoms with Gasteiger partial charge in [0.05, 0.1) is 7.11 Å². The molecule has 1 fully saturated rings. The van der Waals surface area contributed by atoms with Gasteiger partial charge in [-0.05, 0) is 23.5 Å². The van der Waals surface area contributed by atoms with Gasteiger partial charge in [-0.15, -0.1) is 0 Å². The molecule has 2 rings (SSSR count). The zero-order chi connectivity index (χ0) is 18.4. The van der Waals surface area contributed by atoms with E-state index in [0.717, 1.165) is 11.3 Å². The number of methoxy groups -OCH3 is 1. The predicted molar refractivity (Wildman–Crippen MR) is 98.5 cm³/mol. The summed E-state index contributed by atoms with van der Waals surface area (Å²) in [5.74, 6) is 1.16. The Morgan fingerprint density at radius 1 is 1.00 bits per heavy atom. The first-order chi connectivity index (χ1) is 11.8. The number of carbonyl (C=O) groups excluding carboxylic acids is 2. The van der Waals surface area contributed by atoms with Gasteiger partial charge in [0.1, 0.15) is 5.75 Å². The highest BCUT2D eigenvalue weighted by Gasteiger charge is 2.26. The van der Waals surface area contributed by atoms with Crippen LogP contribution in [-0.4, -0.2) is 54.9 Å². The summed E-state index contributed by atoms with van der Waals surface area (Å²) in [6, 6.07) is 7.80. The van der Waals surface area contributed by atoms with Crippen LogP contribution in [0, 0.1) is 5.41 Å². The number of carbonyl (C=O) groups is 2. The number of aryl methyl sites for hydroxylation is 1. The Morgan fingerprint density at radius 3 is 2.12 bits per heavy atom. The number of amides is 2. The van der Waals surface area contributed by atoms with E-state index in [9.17, 15) is 9.59 Å². The number of benzene rings is 1. The highest BCUT2D eigenvalue weighted by molar-refractivity contribution is 5.79. The van der Waals surface area contributed by atoms with E-state index in [-0.39, 0.29) is 17.2 Å². The Morgan fingerprint density at radius 2 is 1.56 bits per heavy atom. The molecule has 1 aromatic carbocycles. The summed E-state index contributed by atoms with van der Waals surface area (Å²) in [5.41, 5.74) is 1.05. The average molecular weight is 346 g/mol. The molecule has 0 N–H and O–H groups in total. The van der Waals surface area contributed by atoms with Crippen LogP contribution in [0.2, 0.25) is 0 Å². The van der Waals surface area contributed by atoms with Gasteiger partial charge in [0.2, 0.25) is 11.8 Å². The standard InChI is InChI=1S/C20H30N2O3/c1-20(2,3)15-19(24)22-13-11-21(12-14-22)18(23)10-9-16-7-5-6-8-17(16)25-4/h5-8H,9-15H2,1-4H3. The molecule has 0 bridgehead atoms. The van der Waals surface area contributed by atoms with E-state index in [4.69, 9.17) is 4.74 Å². The predicted octanol–water partition coefficient (Wildman–Crippen LogP) is 2.73. The Kier molecular flexibility index (Phi) is 6.45. The lowest BCUT2D eigenvalue weighted by Crippen LogP contribution is -2.51. The normalized spacial score (nSPS) is 15.2. The first-order valence-electron chi connectivity index (χ1n) is 8.97. The molecule has 0 aromatic heterocycles. The van der Waals surface area contributed by atoms with Crippen molar-refractivity contribution in [3.8, 4) is 5.75 Å². The summed E-state index contributed by atoms with van der Waals surface area (Å²) in [4.78, 5) is 28.5. The fourth-order valence-corrected chi connectivity index (χ4v) is 3.08. The van der Waals surface area contributed by atoms with E-state index < -0.39 is 0 Å². The topological polar surface area (TPSA) is 49.9 Å². The summed E-state index contributed by atoms with van der Waals surface area (Å²) in [7, 11) is 1.65. The monoisotopic (exact) mass is 346 g/mol. The molecule has 0 spiro atoms. The number of nitrogens with zero attached hydrogens (tertiary/aromatic N) is 2. The fraction of sp³-hybridized carbons (Fsp3) is 0.600. The molecule has 138 valence electrons. The van der Waals surface area contributed by atoms with Crippen LogP contribution in [0.1, 0.15) is 39.2 Å². The van der Waals surface area contributed by atoms with E-state index in [1.54, 1.807) is 7.11 Å². The summed E-state index contributed by atoms with van der Waals surface area (Å²) in [6.45, 7) is 8.74. The van der Waals surface area contributed by atoms with Crippen LogP contribution < -0.4 is 4.74 Å². The van der Waals surface area contributed by atoms with Gasteiger partial charge in [-0.2, -0.15) is 0 Å². The van der Waals surface area contributed by atoms with E-state index in [1.807, 2.05) is 34.1 Å². The third-order valence-electron chi connectivity index (χ3n) is 4.47. The smallest absolute Gasteiger partial charge is 0.223 e.